The molecule has 6 nitrogen and oxygen atoms in total. The average molecular weight is 255 g/mol. The Morgan fingerprint density at radius 3 is 2.72 bits per heavy atom. The van der Waals surface area contributed by atoms with Crippen LogP contribution >= 0.6 is 0 Å². The highest BCUT2D eigenvalue weighted by molar-refractivity contribution is 5.42. The average Bonchev–Trinajstić information content (AvgIpc) is 2.33. The van der Waals surface area contributed by atoms with Crippen molar-refractivity contribution in [2.45, 2.75) is 26.5 Å². The Balaban J connectivity index is 3.09. The van der Waals surface area contributed by atoms with Crippen LogP contribution in [0.3, 0.4) is 0 Å². The third-order valence-electron chi connectivity index (χ3n) is 2.59. The maximum Gasteiger partial charge on any atom is 0.351 e. The summed E-state index contributed by atoms with van der Waals surface area (Å²) in [5.74, 6) is 0.660. The van der Waals surface area contributed by atoms with E-state index in [0.717, 1.165) is 5.56 Å². The lowest BCUT2D eigenvalue weighted by atomic mass is 10.3. The largest absolute Gasteiger partial charge is 0.394 e. The molecule has 0 amide bonds. The molecule has 0 aliphatic heterocycles. The zero-order valence-corrected chi connectivity index (χ0v) is 11.4. The van der Waals surface area contributed by atoms with E-state index in [-0.39, 0.29) is 25.1 Å². The second-order valence-corrected chi connectivity index (χ2v) is 4.29. The molecule has 0 fully saturated rings. The van der Waals surface area contributed by atoms with Crippen LogP contribution in [0.2, 0.25) is 0 Å². The number of aryl methyl sites for hydroxylation is 1. The summed E-state index contributed by atoms with van der Waals surface area (Å²) in [7, 11) is 3.69. The molecule has 1 N–H and O–H groups in total. The fourth-order valence-corrected chi connectivity index (χ4v) is 1.80. The lowest BCUT2D eigenvalue weighted by Crippen LogP contribution is -2.31. The lowest BCUT2D eigenvalue weighted by Gasteiger charge is -2.21. The van der Waals surface area contributed by atoms with Crippen molar-refractivity contribution in [1.82, 2.24) is 9.55 Å². The third kappa shape index (κ3) is 3.30. The van der Waals surface area contributed by atoms with Gasteiger partial charge in [-0.05, 0) is 13.3 Å². The number of hydrogen-bond donors (Lipinski definition) is 1. The standard InChI is InChI=1S/C12H21N3O3/c1-5-10(18-7-6-16)15-8-9(2)11(14(3)4)13-12(15)17/h8,10,16H,5-7H2,1-4H3/t10-/m0/s1. The quantitative estimate of drug-likeness (QED) is 0.803. The number of aliphatic hydroxyl groups excluding tert-OH is 1. The van der Waals surface area contributed by atoms with Crippen LogP contribution in [0.4, 0.5) is 5.82 Å². The van der Waals surface area contributed by atoms with Gasteiger partial charge in [0.1, 0.15) is 12.0 Å². The monoisotopic (exact) mass is 255 g/mol. The number of aromatic nitrogens is 2. The Bertz CT molecular complexity index is 443. The molecule has 1 rings (SSSR count). The van der Waals surface area contributed by atoms with Crippen molar-refractivity contribution in [3.63, 3.8) is 0 Å². The van der Waals surface area contributed by atoms with E-state index in [4.69, 9.17) is 9.84 Å². The lowest BCUT2D eigenvalue weighted by molar-refractivity contribution is -0.0199. The maximum atomic E-state index is 11.9. The molecule has 1 heterocycles. The first-order valence-corrected chi connectivity index (χ1v) is 6.00. The summed E-state index contributed by atoms with van der Waals surface area (Å²) in [4.78, 5) is 17.8. The Hall–Kier alpha value is -1.40. The van der Waals surface area contributed by atoms with Crippen LogP contribution < -0.4 is 10.6 Å². The Kier molecular flexibility index (Phi) is 5.30. The first-order valence-electron chi connectivity index (χ1n) is 6.00. The van der Waals surface area contributed by atoms with Gasteiger partial charge in [-0.15, -0.1) is 0 Å². The molecule has 1 atom stereocenters. The van der Waals surface area contributed by atoms with Crippen molar-refractivity contribution in [3.05, 3.63) is 22.2 Å². The number of hydrogen-bond acceptors (Lipinski definition) is 5. The molecular formula is C12H21N3O3. The third-order valence-corrected chi connectivity index (χ3v) is 2.59. The summed E-state index contributed by atoms with van der Waals surface area (Å²) in [6, 6.07) is 0. The number of ether oxygens (including phenoxy) is 1. The number of aliphatic hydroxyl groups is 1. The summed E-state index contributed by atoms with van der Waals surface area (Å²) < 4.78 is 6.89. The molecule has 0 saturated carbocycles. The van der Waals surface area contributed by atoms with E-state index < -0.39 is 0 Å². The smallest absolute Gasteiger partial charge is 0.351 e. The van der Waals surface area contributed by atoms with Gasteiger partial charge in [-0.2, -0.15) is 4.98 Å². The zero-order chi connectivity index (χ0) is 13.7. The number of rotatable bonds is 6. The minimum Gasteiger partial charge on any atom is -0.394 e. The van der Waals surface area contributed by atoms with Crippen molar-refractivity contribution < 1.29 is 9.84 Å². The molecule has 0 aromatic carbocycles. The van der Waals surface area contributed by atoms with Crippen molar-refractivity contribution in [1.29, 1.82) is 0 Å². The molecule has 0 aliphatic carbocycles. The fourth-order valence-electron chi connectivity index (χ4n) is 1.80. The van der Waals surface area contributed by atoms with E-state index in [9.17, 15) is 4.79 Å². The predicted octanol–water partition coefficient (Wildman–Crippen LogP) is 0.535. The first-order chi connectivity index (χ1) is 8.51. The Labute approximate surface area is 107 Å². The van der Waals surface area contributed by atoms with Crippen LogP contribution in [0.15, 0.2) is 11.0 Å². The molecule has 1 aromatic rings. The summed E-state index contributed by atoms with van der Waals surface area (Å²) >= 11 is 0. The van der Waals surface area contributed by atoms with Gasteiger partial charge in [0.2, 0.25) is 0 Å². The molecule has 0 spiro atoms. The highest BCUT2D eigenvalue weighted by Gasteiger charge is 2.14. The summed E-state index contributed by atoms with van der Waals surface area (Å²) in [5, 5.41) is 8.76. The van der Waals surface area contributed by atoms with E-state index in [0.29, 0.717) is 12.2 Å². The van der Waals surface area contributed by atoms with E-state index in [1.807, 2.05) is 27.9 Å². The molecule has 0 radical (unpaired) electrons. The molecule has 0 unspecified atom stereocenters. The van der Waals surface area contributed by atoms with Gasteiger partial charge in [-0.25, -0.2) is 4.79 Å². The van der Waals surface area contributed by atoms with Gasteiger partial charge in [-0.3, -0.25) is 4.57 Å². The molecular weight excluding hydrogens is 234 g/mol. The van der Waals surface area contributed by atoms with Gasteiger partial charge >= 0.3 is 5.69 Å². The zero-order valence-electron chi connectivity index (χ0n) is 11.4. The Morgan fingerprint density at radius 1 is 1.56 bits per heavy atom. The van der Waals surface area contributed by atoms with Crippen LogP contribution in [0.25, 0.3) is 0 Å². The second-order valence-electron chi connectivity index (χ2n) is 4.29. The predicted molar refractivity (Wildman–Crippen MR) is 69.9 cm³/mol. The van der Waals surface area contributed by atoms with Crippen LogP contribution in [0, 0.1) is 6.92 Å². The van der Waals surface area contributed by atoms with E-state index >= 15 is 0 Å². The highest BCUT2D eigenvalue weighted by Crippen LogP contribution is 2.15. The molecule has 18 heavy (non-hydrogen) atoms. The van der Waals surface area contributed by atoms with Gasteiger partial charge in [0.25, 0.3) is 0 Å². The van der Waals surface area contributed by atoms with Gasteiger partial charge in [0.05, 0.1) is 13.2 Å². The molecule has 6 heteroatoms. The van der Waals surface area contributed by atoms with Gasteiger partial charge in [-0.1, -0.05) is 6.92 Å². The maximum absolute atomic E-state index is 11.9. The topological polar surface area (TPSA) is 67.6 Å². The van der Waals surface area contributed by atoms with E-state index in [2.05, 4.69) is 4.98 Å². The minimum atomic E-state index is -0.382. The summed E-state index contributed by atoms with van der Waals surface area (Å²) in [6.07, 6.45) is 2.01. The molecule has 0 bridgehead atoms. The SMILES string of the molecule is CC[C@H](OCCO)n1cc(C)c(N(C)C)nc1=O. The molecule has 0 saturated heterocycles. The van der Waals surface area contributed by atoms with Crippen molar-refractivity contribution in [2.24, 2.45) is 0 Å². The van der Waals surface area contributed by atoms with Gasteiger partial charge in [0, 0.05) is 25.9 Å². The molecule has 1 aromatic heterocycles. The first kappa shape index (κ1) is 14.7. The normalized spacial score (nSPS) is 12.5. The van der Waals surface area contributed by atoms with Crippen LogP contribution in [0.1, 0.15) is 25.1 Å². The molecule has 0 aliphatic rings. The van der Waals surface area contributed by atoms with Crippen molar-refractivity contribution >= 4 is 5.82 Å². The van der Waals surface area contributed by atoms with Crippen LogP contribution in [-0.2, 0) is 4.74 Å². The van der Waals surface area contributed by atoms with E-state index in [1.165, 1.54) is 4.57 Å². The van der Waals surface area contributed by atoms with Crippen molar-refractivity contribution in [2.75, 3.05) is 32.2 Å². The number of anilines is 1. The molecule has 102 valence electrons. The fraction of sp³-hybridized carbons (Fsp3) is 0.667. The Morgan fingerprint density at radius 2 is 2.22 bits per heavy atom. The minimum absolute atomic E-state index is 0.0621. The summed E-state index contributed by atoms with van der Waals surface area (Å²) in [5.41, 5.74) is 0.569. The summed E-state index contributed by atoms with van der Waals surface area (Å²) in [6.45, 7) is 3.97. The van der Waals surface area contributed by atoms with Crippen LogP contribution in [0.5, 0.6) is 0 Å². The van der Waals surface area contributed by atoms with E-state index in [1.54, 1.807) is 11.1 Å². The second kappa shape index (κ2) is 6.51. The van der Waals surface area contributed by atoms with Gasteiger partial charge < -0.3 is 14.7 Å². The van der Waals surface area contributed by atoms with Crippen molar-refractivity contribution in [3.8, 4) is 0 Å². The highest BCUT2D eigenvalue weighted by atomic mass is 16.5. The van der Waals surface area contributed by atoms with Crippen LogP contribution in [-0.4, -0.2) is 42.0 Å². The number of nitrogens with zero attached hydrogens (tertiary/aromatic N) is 3. The van der Waals surface area contributed by atoms with Gasteiger partial charge in [0.15, 0.2) is 0 Å².